The van der Waals surface area contributed by atoms with Gasteiger partial charge in [0.15, 0.2) is 0 Å². The Bertz CT molecular complexity index is 904. The van der Waals surface area contributed by atoms with E-state index in [4.69, 9.17) is 0 Å². The number of piperidine rings is 1. The standard InChI is InChI=1S/C24H32N4O2/c1-18-6-8-19(9-7-18)17-24(12-10-21(29)26-24)13-11-22(30)28-15-4-3-5-20(28)23-25-14-16-27(23)2/h6-9,14,16,20H,3-5,10-13,15,17H2,1-2H3,(H,26,29)/t20-,24+/m0/s1. The van der Waals surface area contributed by atoms with Gasteiger partial charge in [-0.1, -0.05) is 29.8 Å². The Kier molecular flexibility index (Phi) is 5.93. The van der Waals surface area contributed by atoms with Crippen LogP contribution in [0.1, 0.15) is 67.9 Å². The fraction of sp³-hybridized carbons (Fsp3) is 0.542. The number of hydrogen-bond donors (Lipinski definition) is 1. The topological polar surface area (TPSA) is 67.2 Å². The number of hydrogen-bond acceptors (Lipinski definition) is 3. The van der Waals surface area contributed by atoms with Crippen LogP contribution in [-0.4, -0.2) is 38.3 Å². The molecule has 160 valence electrons. The summed E-state index contributed by atoms with van der Waals surface area (Å²) in [7, 11) is 1.99. The summed E-state index contributed by atoms with van der Waals surface area (Å²) in [4.78, 5) is 31.9. The van der Waals surface area contributed by atoms with Gasteiger partial charge in [0.05, 0.1) is 6.04 Å². The van der Waals surface area contributed by atoms with E-state index >= 15 is 0 Å². The average Bonchev–Trinajstić information content (AvgIpc) is 3.34. The molecule has 6 nitrogen and oxygen atoms in total. The zero-order chi connectivity index (χ0) is 21.1. The van der Waals surface area contributed by atoms with Crippen LogP contribution in [0.5, 0.6) is 0 Å². The second-order valence-electron chi connectivity index (χ2n) is 8.99. The lowest BCUT2D eigenvalue weighted by Gasteiger charge is -2.36. The molecule has 1 N–H and O–H groups in total. The summed E-state index contributed by atoms with van der Waals surface area (Å²) >= 11 is 0. The predicted octanol–water partition coefficient (Wildman–Crippen LogP) is 3.45. The molecule has 6 heteroatoms. The number of benzene rings is 1. The van der Waals surface area contributed by atoms with E-state index in [2.05, 4.69) is 41.5 Å². The van der Waals surface area contributed by atoms with Gasteiger partial charge in [0.25, 0.3) is 0 Å². The van der Waals surface area contributed by atoms with Crippen LogP contribution in [0.4, 0.5) is 0 Å². The molecule has 0 spiro atoms. The van der Waals surface area contributed by atoms with Crippen LogP contribution < -0.4 is 5.32 Å². The van der Waals surface area contributed by atoms with Crippen molar-refractivity contribution in [3.63, 3.8) is 0 Å². The van der Waals surface area contributed by atoms with Gasteiger partial charge in [-0.05, 0) is 51.0 Å². The van der Waals surface area contributed by atoms with E-state index in [1.54, 1.807) is 6.20 Å². The molecule has 1 aromatic heterocycles. The third kappa shape index (κ3) is 4.42. The normalized spacial score (nSPS) is 24.1. The van der Waals surface area contributed by atoms with Crippen molar-refractivity contribution < 1.29 is 9.59 Å². The first-order chi connectivity index (χ1) is 14.5. The molecular formula is C24H32N4O2. The number of carbonyl (C=O) groups is 2. The monoisotopic (exact) mass is 408 g/mol. The summed E-state index contributed by atoms with van der Waals surface area (Å²) in [6.45, 7) is 2.86. The number of aromatic nitrogens is 2. The highest BCUT2D eigenvalue weighted by Crippen LogP contribution is 2.33. The van der Waals surface area contributed by atoms with Crippen molar-refractivity contribution in [2.75, 3.05) is 6.54 Å². The Labute approximate surface area is 178 Å². The molecule has 2 aromatic rings. The third-order valence-corrected chi connectivity index (χ3v) is 6.70. The molecule has 1 aromatic carbocycles. The van der Waals surface area contributed by atoms with E-state index in [-0.39, 0.29) is 23.4 Å². The number of carbonyl (C=O) groups excluding carboxylic acids is 2. The fourth-order valence-electron chi connectivity index (χ4n) is 4.97. The molecule has 2 aliphatic heterocycles. The van der Waals surface area contributed by atoms with Gasteiger partial charge in [-0.3, -0.25) is 9.59 Å². The van der Waals surface area contributed by atoms with Gasteiger partial charge in [0, 0.05) is 44.4 Å². The molecule has 0 unspecified atom stereocenters. The molecule has 2 saturated heterocycles. The van der Waals surface area contributed by atoms with Crippen molar-refractivity contribution in [3.05, 3.63) is 53.6 Å². The summed E-state index contributed by atoms with van der Waals surface area (Å²) in [5.74, 6) is 1.23. The minimum atomic E-state index is -0.323. The SMILES string of the molecule is Cc1ccc(C[C@]2(CCC(=O)N3CCCC[C@H]3c3nccn3C)CCC(=O)N2)cc1. The lowest BCUT2D eigenvalue weighted by molar-refractivity contribution is -0.136. The summed E-state index contributed by atoms with van der Waals surface area (Å²) in [6.07, 6.45) is 10.1. The van der Waals surface area contributed by atoms with Gasteiger partial charge in [0.2, 0.25) is 11.8 Å². The van der Waals surface area contributed by atoms with Crippen molar-refractivity contribution in [2.45, 2.75) is 69.9 Å². The largest absolute Gasteiger partial charge is 0.350 e. The third-order valence-electron chi connectivity index (χ3n) is 6.70. The van der Waals surface area contributed by atoms with E-state index < -0.39 is 0 Å². The Morgan fingerprint density at radius 1 is 1.27 bits per heavy atom. The van der Waals surface area contributed by atoms with Crippen LogP contribution in [-0.2, 0) is 23.1 Å². The lowest BCUT2D eigenvalue weighted by Crippen LogP contribution is -2.46. The van der Waals surface area contributed by atoms with Gasteiger partial charge in [-0.2, -0.15) is 0 Å². The van der Waals surface area contributed by atoms with Crippen molar-refractivity contribution >= 4 is 11.8 Å². The highest BCUT2D eigenvalue weighted by atomic mass is 16.2. The number of rotatable bonds is 6. The quantitative estimate of drug-likeness (QED) is 0.796. The van der Waals surface area contributed by atoms with E-state index in [0.717, 1.165) is 44.5 Å². The van der Waals surface area contributed by atoms with Crippen LogP contribution in [0.2, 0.25) is 0 Å². The highest BCUT2D eigenvalue weighted by molar-refractivity contribution is 5.80. The van der Waals surface area contributed by atoms with Gasteiger partial charge >= 0.3 is 0 Å². The molecule has 3 heterocycles. The minimum Gasteiger partial charge on any atom is -0.350 e. The summed E-state index contributed by atoms with van der Waals surface area (Å²) in [5.41, 5.74) is 2.11. The fourth-order valence-corrected chi connectivity index (χ4v) is 4.97. The molecule has 30 heavy (non-hydrogen) atoms. The van der Waals surface area contributed by atoms with Crippen LogP contribution in [0.25, 0.3) is 0 Å². The first-order valence-electron chi connectivity index (χ1n) is 11.1. The zero-order valence-corrected chi connectivity index (χ0v) is 18.1. The predicted molar refractivity (Wildman–Crippen MR) is 116 cm³/mol. The molecule has 2 amide bonds. The van der Waals surface area contributed by atoms with Crippen LogP contribution in [0.3, 0.4) is 0 Å². The number of nitrogens with one attached hydrogen (secondary N) is 1. The smallest absolute Gasteiger partial charge is 0.223 e. The van der Waals surface area contributed by atoms with E-state index in [1.807, 2.05) is 22.7 Å². The maximum Gasteiger partial charge on any atom is 0.223 e. The minimum absolute atomic E-state index is 0.0532. The Balaban J connectivity index is 1.46. The molecule has 0 bridgehead atoms. The number of imidazole rings is 1. The summed E-state index contributed by atoms with van der Waals surface area (Å²) in [6, 6.07) is 8.53. The van der Waals surface area contributed by atoms with Gasteiger partial charge in [-0.15, -0.1) is 0 Å². The number of aryl methyl sites for hydroxylation is 2. The van der Waals surface area contributed by atoms with Crippen molar-refractivity contribution in [1.82, 2.24) is 19.8 Å². The number of amides is 2. The van der Waals surface area contributed by atoms with E-state index in [1.165, 1.54) is 11.1 Å². The first kappa shape index (κ1) is 20.6. The van der Waals surface area contributed by atoms with Crippen LogP contribution in [0, 0.1) is 6.92 Å². The molecule has 2 aliphatic rings. The first-order valence-corrected chi connectivity index (χ1v) is 11.1. The van der Waals surface area contributed by atoms with E-state index in [9.17, 15) is 9.59 Å². The van der Waals surface area contributed by atoms with Crippen LogP contribution in [0.15, 0.2) is 36.7 Å². The molecule has 0 radical (unpaired) electrons. The van der Waals surface area contributed by atoms with Crippen molar-refractivity contribution in [3.8, 4) is 0 Å². The Hall–Kier alpha value is -2.63. The Morgan fingerprint density at radius 2 is 2.07 bits per heavy atom. The van der Waals surface area contributed by atoms with Gasteiger partial charge in [-0.25, -0.2) is 4.98 Å². The molecule has 0 aliphatic carbocycles. The maximum absolute atomic E-state index is 13.3. The van der Waals surface area contributed by atoms with Gasteiger partial charge in [0.1, 0.15) is 5.82 Å². The summed E-state index contributed by atoms with van der Waals surface area (Å²) in [5, 5.41) is 3.21. The second-order valence-corrected chi connectivity index (χ2v) is 8.99. The van der Waals surface area contributed by atoms with E-state index in [0.29, 0.717) is 19.3 Å². The van der Waals surface area contributed by atoms with Crippen molar-refractivity contribution in [2.24, 2.45) is 7.05 Å². The van der Waals surface area contributed by atoms with Gasteiger partial charge < -0.3 is 14.8 Å². The molecule has 4 rings (SSSR count). The molecule has 2 fully saturated rings. The highest BCUT2D eigenvalue weighted by Gasteiger charge is 2.39. The second kappa shape index (κ2) is 8.62. The summed E-state index contributed by atoms with van der Waals surface area (Å²) < 4.78 is 2.02. The number of likely N-dealkylation sites (tertiary alicyclic amines) is 1. The Morgan fingerprint density at radius 3 is 2.73 bits per heavy atom. The molecule has 0 saturated carbocycles. The molecular weight excluding hydrogens is 376 g/mol. The average molecular weight is 409 g/mol. The lowest BCUT2D eigenvalue weighted by atomic mass is 9.84. The van der Waals surface area contributed by atoms with Crippen molar-refractivity contribution in [1.29, 1.82) is 0 Å². The number of nitrogens with zero attached hydrogens (tertiary/aromatic N) is 3. The molecule has 2 atom stereocenters. The maximum atomic E-state index is 13.3. The zero-order valence-electron chi connectivity index (χ0n) is 18.1. The van der Waals surface area contributed by atoms with Crippen LogP contribution >= 0.6 is 0 Å².